The van der Waals surface area contributed by atoms with Gasteiger partial charge in [-0.3, -0.25) is 4.79 Å². The topological polar surface area (TPSA) is 54.0 Å². The summed E-state index contributed by atoms with van der Waals surface area (Å²) in [6, 6.07) is 7.85. The zero-order valence-corrected chi connectivity index (χ0v) is 12.8. The highest BCUT2D eigenvalue weighted by Gasteiger charge is 2.09. The third-order valence-electron chi connectivity index (χ3n) is 3.06. The lowest BCUT2D eigenvalue weighted by molar-refractivity contribution is 0.0963. The molecule has 1 unspecified atom stereocenters. The smallest absolute Gasteiger partial charge is 0.251 e. The molecule has 0 saturated heterocycles. The van der Waals surface area contributed by atoms with Gasteiger partial charge >= 0.3 is 0 Å². The largest absolute Gasteiger partial charge is 0.355 e. The maximum Gasteiger partial charge on any atom is 0.251 e. The van der Waals surface area contributed by atoms with Crippen LogP contribution < -0.4 is 10.6 Å². The Morgan fingerprint density at radius 2 is 2.05 bits per heavy atom. The van der Waals surface area contributed by atoms with Gasteiger partial charge < -0.3 is 10.6 Å². The van der Waals surface area contributed by atoms with Crippen LogP contribution in [0.1, 0.15) is 39.6 Å². The molecule has 20 heavy (non-hydrogen) atoms. The van der Waals surface area contributed by atoms with Crippen LogP contribution in [-0.4, -0.2) is 17.9 Å². The Morgan fingerprint density at radius 3 is 2.60 bits per heavy atom. The standard InChI is InChI=1S/C15H19N3OS/c1-10-9-20-15(18-10)11(2)17-8-12-4-6-13(7-5-12)14(19)16-3/h4-7,9,11,17H,8H2,1-3H3,(H,16,19). The van der Waals surface area contributed by atoms with E-state index in [1.54, 1.807) is 18.4 Å². The number of thiazole rings is 1. The van der Waals surface area contributed by atoms with Crippen LogP contribution >= 0.6 is 11.3 Å². The SMILES string of the molecule is CNC(=O)c1ccc(CNC(C)c2nc(C)cs2)cc1. The zero-order valence-electron chi connectivity index (χ0n) is 11.9. The second-order valence-electron chi connectivity index (χ2n) is 4.71. The molecular weight excluding hydrogens is 270 g/mol. The third-order valence-corrected chi connectivity index (χ3v) is 4.21. The van der Waals surface area contributed by atoms with Crippen LogP contribution in [-0.2, 0) is 6.54 Å². The molecule has 1 amide bonds. The van der Waals surface area contributed by atoms with Crippen molar-refractivity contribution in [1.82, 2.24) is 15.6 Å². The first kappa shape index (κ1) is 14.7. The molecule has 2 rings (SSSR count). The highest BCUT2D eigenvalue weighted by Crippen LogP contribution is 2.18. The van der Waals surface area contributed by atoms with E-state index >= 15 is 0 Å². The minimum Gasteiger partial charge on any atom is -0.355 e. The summed E-state index contributed by atoms with van der Waals surface area (Å²) in [4.78, 5) is 15.9. The molecule has 0 bridgehead atoms. The fourth-order valence-electron chi connectivity index (χ4n) is 1.85. The molecule has 1 atom stereocenters. The first-order chi connectivity index (χ1) is 9.60. The maximum absolute atomic E-state index is 11.4. The van der Waals surface area contributed by atoms with Gasteiger partial charge in [-0.1, -0.05) is 12.1 Å². The van der Waals surface area contributed by atoms with Crippen molar-refractivity contribution in [2.24, 2.45) is 0 Å². The second kappa shape index (κ2) is 6.63. The van der Waals surface area contributed by atoms with E-state index in [4.69, 9.17) is 0 Å². The lowest BCUT2D eigenvalue weighted by Gasteiger charge is -2.11. The molecule has 5 heteroatoms. The molecular formula is C15H19N3OS. The summed E-state index contributed by atoms with van der Waals surface area (Å²) in [5.74, 6) is -0.0591. The summed E-state index contributed by atoms with van der Waals surface area (Å²) in [6.45, 7) is 4.87. The number of carbonyl (C=O) groups excluding carboxylic acids is 1. The number of aromatic nitrogens is 1. The van der Waals surface area contributed by atoms with E-state index in [0.717, 1.165) is 22.8 Å². The van der Waals surface area contributed by atoms with Gasteiger partial charge in [-0.15, -0.1) is 11.3 Å². The molecule has 1 heterocycles. The van der Waals surface area contributed by atoms with Crippen LogP contribution in [0, 0.1) is 6.92 Å². The second-order valence-corrected chi connectivity index (χ2v) is 5.60. The average Bonchev–Trinajstić information content (AvgIpc) is 2.91. The van der Waals surface area contributed by atoms with Crippen LogP contribution in [0.4, 0.5) is 0 Å². The predicted molar refractivity (Wildman–Crippen MR) is 81.9 cm³/mol. The summed E-state index contributed by atoms with van der Waals surface area (Å²) >= 11 is 1.68. The Morgan fingerprint density at radius 1 is 1.35 bits per heavy atom. The van der Waals surface area contributed by atoms with Crippen molar-refractivity contribution in [2.75, 3.05) is 7.05 Å². The summed E-state index contributed by atoms with van der Waals surface area (Å²) in [6.07, 6.45) is 0. The van der Waals surface area contributed by atoms with Gasteiger partial charge in [-0.25, -0.2) is 4.98 Å². The summed E-state index contributed by atoms with van der Waals surface area (Å²) in [5.41, 5.74) is 2.89. The van der Waals surface area contributed by atoms with E-state index in [2.05, 4.69) is 27.9 Å². The molecule has 106 valence electrons. The van der Waals surface area contributed by atoms with Gasteiger partial charge in [0.05, 0.1) is 6.04 Å². The van der Waals surface area contributed by atoms with Crippen LogP contribution in [0.3, 0.4) is 0 Å². The molecule has 0 radical (unpaired) electrons. The number of hydrogen-bond acceptors (Lipinski definition) is 4. The van der Waals surface area contributed by atoms with Crippen LogP contribution in [0.5, 0.6) is 0 Å². The summed E-state index contributed by atoms with van der Waals surface area (Å²) in [7, 11) is 1.63. The monoisotopic (exact) mass is 289 g/mol. The molecule has 0 aliphatic carbocycles. The Balaban J connectivity index is 1.92. The van der Waals surface area contributed by atoms with E-state index in [0.29, 0.717) is 5.56 Å². The van der Waals surface area contributed by atoms with Gasteiger partial charge in [-0.05, 0) is 31.5 Å². The van der Waals surface area contributed by atoms with E-state index < -0.39 is 0 Å². The first-order valence-electron chi connectivity index (χ1n) is 6.56. The Hall–Kier alpha value is -1.72. The minimum absolute atomic E-state index is 0.0591. The lowest BCUT2D eigenvalue weighted by atomic mass is 10.1. The molecule has 0 spiro atoms. The summed E-state index contributed by atoms with van der Waals surface area (Å²) in [5, 5.41) is 9.21. The molecule has 2 N–H and O–H groups in total. The van der Waals surface area contributed by atoms with Crippen molar-refractivity contribution in [3.8, 4) is 0 Å². The Kier molecular flexibility index (Phi) is 4.87. The van der Waals surface area contributed by atoms with Gasteiger partial charge in [0.25, 0.3) is 5.91 Å². The predicted octanol–water partition coefficient (Wildman–Crippen LogP) is 2.66. The number of aryl methyl sites for hydroxylation is 1. The number of carbonyl (C=O) groups is 1. The quantitative estimate of drug-likeness (QED) is 0.889. The molecule has 4 nitrogen and oxygen atoms in total. The van der Waals surface area contributed by atoms with Crippen LogP contribution in [0.2, 0.25) is 0 Å². The molecule has 0 fully saturated rings. The highest BCUT2D eigenvalue weighted by molar-refractivity contribution is 7.09. The lowest BCUT2D eigenvalue weighted by Crippen LogP contribution is -2.19. The number of amides is 1. The normalized spacial score (nSPS) is 12.2. The zero-order chi connectivity index (χ0) is 14.5. The maximum atomic E-state index is 11.4. The molecule has 1 aromatic carbocycles. The van der Waals surface area contributed by atoms with Gasteiger partial charge in [-0.2, -0.15) is 0 Å². The molecule has 0 aliphatic rings. The molecule has 2 aromatic rings. The van der Waals surface area contributed by atoms with Crippen molar-refractivity contribution in [3.63, 3.8) is 0 Å². The van der Waals surface area contributed by atoms with E-state index in [1.165, 1.54) is 0 Å². The van der Waals surface area contributed by atoms with Gasteiger partial charge in [0.15, 0.2) is 0 Å². The van der Waals surface area contributed by atoms with Crippen molar-refractivity contribution < 1.29 is 4.79 Å². The van der Waals surface area contributed by atoms with Gasteiger partial charge in [0, 0.05) is 30.2 Å². The fraction of sp³-hybridized carbons (Fsp3) is 0.333. The van der Waals surface area contributed by atoms with Crippen molar-refractivity contribution in [2.45, 2.75) is 26.4 Å². The summed E-state index contributed by atoms with van der Waals surface area (Å²) < 4.78 is 0. The van der Waals surface area contributed by atoms with Crippen molar-refractivity contribution in [3.05, 3.63) is 51.5 Å². The first-order valence-corrected chi connectivity index (χ1v) is 7.44. The van der Waals surface area contributed by atoms with Crippen molar-refractivity contribution >= 4 is 17.2 Å². The Bertz CT molecular complexity index is 577. The highest BCUT2D eigenvalue weighted by atomic mass is 32.1. The number of benzene rings is 1. The van der Waals surface area contributed by atoms with E-state index in [-0.39, 0.29) is 11.9 Å². The fourth-order valence-corrected chi connectivity index (χ4v) is 2.68. The Labute approximate surface area is 123 Å². The van der Waals surface area contributed by atoms with Crippen LogP contribution in [0.15, 0.2) is 29.6 Å². The molecule has 0 saturated carbocycles. The number of nitrogens with zero attached hydrogens (tertiary/aromatic N) is 1. The van der Waals surface area contributed by atoms with E-state index in [9.17, 15) is 4.79 Å². The number of hydrogen-bond donors (Lipinski definition) is 2. The molecule has 0 aliphatic heterocycles. The third kappa shape index (κ3) is 3.65. The van der Waals surface area contributed by atoms with E-state index in [1.807, 2.05) is 31.2 Å². The average molecular weight is 289 g/mol. The number of nitrogens with one attached hydrogen (secondary N) is 2. The van der Waals surface area contributed by atoms with Gasteiger partial charge in [0.1, 0.15) is 5.01 Å². The number of rotatable bonds is 5. The van der Waals surface area contributed by atoms with Crippen LogP contribution in [0.25, 0.3) is 0 Å². The van der Waals surface area contributed by atoms with Gasteiger partial charge in [0.2, 0.25) is 0 Å². The molecule has 1 aromatic heterocycles. The minimum atomic E-state index is -0.0591. The van der Waals surface area contributed by atoms with Crippen molar-refractivity contribution in [1.29, 1.82) is 0 Å².